The van der Waals surface area contributed by atoms with Crippen LogP contribution < -0.4 is 0 Å². The summed E-state index contributed by atoms with van der Waals surface area (Å²) in [5.74, 6) is 0.597. The number of hydrogen-bond acceptors (Lipinski definition) is 3. The highest BCUT2D eigenvalue weighted by Gasteiger charge is 2.17. The zero-order valence-electron chi connectivity index (χ0n) is 11.9. The molecule has 1 aliphatic rings. The van der Waals surface area contributed by atoms with E-state index < -0.39 is 0 Å². The van der Waals surface area contributed by atoms with Crippen LogP contribution in [0.15, 0.2) is 18.2 Å². The molecule has 19 heavy (non-hydrogen) atoms. The van der Waals surface area contributed by atoms with E-state index in [1.165, 1.54) is 16.7 Å². The third-order valence-electron chi connectivity index (χ3n) is 3.91. The number of nitrogens with zero attached hydrogens (tertiary/aromatic N) is 2. The zero-order chi connectivity index (χ0) is 13.7. The first-order chi connectivity index (χ1) is 9.19. The highest BCUT2D eigenvalue weighted by atomic mass is 16.5. The van der Waals surface area contributed by atoms with Crippen LogP contribution in [0.4, 0.5) is 0 Å². The normalized spacial score (nSPS) is 16.1. The molecule has 1 heterocycles. The Morgan fingerprint density at radius 3 is 2.63 bits per heavy atom. The number of ether oxygens (including phenoxy) is 1. The summed E-state index contributed by atoms with van der Waals surface area (Å²) in [6.07, 6.45) is 4.47. The summed E-state index contributed by atoms with van der Waals surface area (Å²) in [6.45, 7) is 7.49. The molecule has 1 aliphatic heterocycles. The molecule has 1 fully saturated rings. The van der Waals surface area contributed by atoms with Gasteiger partial charge < -0.3 is 9.64 Å². The monoisotopic (exact) mass is 258 g/mol. The van der Waals surface area contributed by atoms with E-state index in [9.17, 15) is 5.26 Å². The van der Waals surface area contributed by atoms with Crippen LogP contribution in [-0.4, -0.2) is 24.7 Å². The summed E-state index contributed by atoms with van der Waals surface area (Å²) in [7, 11) is 0. The van der Waals surface area contributed by atoms with Crippen molar-refractivity contribution in [1.82, 2.24) is 4.90 Å². The molecule has 0 saturated carbocycles. The Balaban J connectivity index is 1.94. The summed E-state index contributed by atoms with van der Waals surface area (Å²) in [5, 5.41) is 9.29. The summed E-state index contributed by atoms with van der Waals surface area (Å²) >= 11 is 0. The molecule has 0 aliphatic carbocycles. The maximum atomic E-state index is 9.29. The Bertz CT molecular complexity index is 458. The maximum absolute atomic E-state index is 9.29. The minimum absolute atomic E-state index is 0.597. The molecule has 0 amide bonds. The third-order valence-corrected chi connectivity index (χ3v) is 3.91. The Hall–Kier alpha value is -1.53. The van der Waals surface area contributed by atoms with Gasteiger partial charge in [-0.1, -0.05) is 18.2 Å². The van der Waals surface area contributed by atoms with Gasteiger partial charge in [0.1, 0.15) is 0 Å². The smallest absolute Gasteiger partial charge is 0.179 e. The second kappa shape index (κ2) is 6.58. The highest BCUT2D eigenvalue weighted by Crippen LogP contribution is 2.18. The molecule has 0 aromatic heterocycles. The predicted octanol–water partition coefficient (Wildman–Crippen LogP) is 3.01. The summed E-state index contributed by atoms with van der Waals surface area (Å²) in [6, 6.07) is 6.44. The zero-order valence-corrected chi connectivity index (χ0v) is 11.9. The van der Waals surface area contributed by atoms with Crippen LogP contribution in [0, 0.1) is 31.2 Å². The molecule has 3 nitrogen and oxygen atoms in total. The van der Waals surface area contributed by atoms with E-state index in [0.29, 0.717) is 5.92 Å². The average Bonchev–Trinajstić information content (AvgIpc) is 2.43. The first-order valence-electron chi connectivity index (χ1n) is 6.97. The summed E-state index contributed by atoms with van der Waals surface area (Å²) < 4.78 is 5.36. The van der Waals surface area contributed by atoms with Crippen molar-refractivity contribution in [3.8, 4) is 6.19 Å². The van der Waals surface area contributed by atoms with E-state index in [-0.39, 0.29) is 0 Å². The van der Waals surface area contributed by atoms with Crippen molar-refractivity contribution in [2.24, 2.45) is 5.92 Å². The van der Waals surface area contributed by atoms with Crippen LogP contribution in [0.3, 0.4) is 0 Å². The summed E-state index contributed by atoms with van der Waals surface area (Å²) in [5.41, 5.74) is 3.81. The van der Waals surface area contributed by atoms with Gasteiger partial charge in [-0.3, -0.25) is 0 Å². The Morgan fingerprint density at radius 1 is 1.26 bits per heavy atom. The van der Waals surface area contributed by atoms with E-state index in [1.54, 1.807) is 0 Å². The Labute approximate surface area is 115 Å². The van der Waals surface area contributed by atoms with Gasteiger partial charge in [-0.2, -0.15) is 5.26 Å². The van der Waals surface area contributed by atoms with Crippen molar-refractivity contribution in [3.05, 3.63) is 34.9 Å². The molecule has 1 aromatic rings. The molecule has 0 unspecified atom stereocenters. The molecule has 0 radical (unpaired) electrons. The predicted molar refractivity (Wildman–Crippen MR) is 75.5 cm³/mol. The summed E-state index contributed by atoms with van der Waals surface area (Å²) in [4.78, 5) is 1.88. The molecule has 102 valence electrons. The third kappa shape index (κ3) is 3.97. The van der Waals surface area contributed by atoms with Crippen molar-refractivity contribution in [2.45, 2.75) is 33.2 Å². The van der Waals surface area contributed by atoms with Gasteiger partial charge in [-0.15, -0.1) is 0 Å². The molecule has 0 atom stereocenters. The lowest BCUT2D eigenvalue weighted by Gasteiger charge is -2.26. The molecule has 1 saturated heterocycles. The first kappa shape index (κ1) is 13.9. The fraction of sp³-hybridized carbons (Fsp3) is 0.562. The number of aryl methyl sites for hydroxylation is 2. The van der Waals surface area contributed by atoms with Crippen LogP contribution >= 0.6 is 0 Å². The molecule has 1 aromatic carbocycles. The van der Waals surface area contributed by atoms with Crippen molar-refractivity contribution in [2.75, 3.05) is 19.8 Å². The number of hydrogen-bond donors (Lipinski definition) is 0. The van der Waals surface area contributed by atoms with Crippen LogP contribution in [0.5, 0.6) is 0 Å². The lowest BCUT2D eigenvalue weighted by atomic mass is 9.99. The van der Waals surface area contributed by atoms with Gasteiger partial charge in [-0.05, 0) is 49.3 Å². The lowest BCUT2D eigenvalue weighted by molar-refractivity contribution is 0.0580. The largest absolute Gasteiger partial charge is 0.381 e. The molecular weight excluding hydrogens is 236 g/mol. The molecule has 0 spiro atoms. The van der Waals surface area contributed by atoms with Gasteiger partial charge in [0.05, 0.1) is 6.54 Å². The van der Waals surface area contributed by atoms with E-state index in [0.717, 1.165) is 39.1 Å². The van der Waals surface area contributed by atoms with E-state index >= 15 is 0 Å². The second-order valence-electron chi connectivity index (χ2n) is 5.45. The molecule has 0 N–H and O–H groups in total. The molecule has 0 bridgehead atoms. The Kier molecular flexibility index (Phi) is 4.81. The van der Waals surface area contributed by atoms with Crippen LogP contribution in [0.2, 0.25) is 0 Å². The molecular formula is C16H22N2O. The van der Waals surface area contributed by atoms with E-state index in [1.807, 2.05) is 4.90 Å². The van der Waals surface area contributed by atoms with E-state index in [2.05, 4.69) is 38.2 Å². The van der Waals surface area contributed by atoms with Crippen molar-refractivity contribution >= 4 is 0 Å². The quantitative estimate of drug-likeness (QED) is 0.615. The van der Waals surface area contributed by atoms with Crippen molar-refractivity contribution in [3.63, 3.8) is 0 Å². The number of benzene rings is 1. The van der Waals surface area contributed by atoms with Crippen molar-refractivity contribution < 1.29 is 4.74 Å². The van der Waals surface area contributed by atoms with Gasteiger partial charge in [0.2, 0.25) is 0 Å². The Morgan fingerprint density at radius 2 is 2.00 bits per heavy atom. The highest BCUT2D eigenvalue weighted by molar-refractivity contribution is 5.30. The first-order valence-corrected chi connectivity index (χ1v) is 6.97. The van der Waals surface area contributed by atoms with Gasteiger partial charge in [-0.25, -0.2) is 0 Å². The van der Waals surface area contributed by atoms with Gasteiger partial charge in [0.25, 0.3) is 0 Å². The fourth-order valence-corrected chi connectivity index (χ4v) is 2.50. The fourth-order valence-electron chi connectivity index (χ4n) is 2.50. The van der Waals surface area contributed by atoms with Crippen LogP contribution in [0.1, 0.15) is 29.5 Å². The van der Waals surface area contributed by atoms with Crippen LogP contribution in [-0.2, 0) is 11.3 Å². The minimum atomic E-state index is 0.597. The van der Waals surface area contributed by atoms with Crippen LogP contribution in [0.25, 0.3) is 0 Å². The van der Waals surface area contributed by atoms with Gasteiger partial charge in [0.15, 0.2) is 6.19 Å². The minimum Gasteiger partial charge on any atom is -0.381 e. The number of rotatable bonds is 4. The number of nitriles is 1. The van der Waals surface area contributed by atoms with Gasteiger partial charge in [0, 0.05) is 19.8 Å². The van der Waals surface area contributed by atoms with Crippen molar-refractivity contribution in [1.29, 1.82) is 5.26 Å². The lowest BCUT2D eigenvalue weighted by Crippen LogP contribution is -2.29. The standard InChI is InChI=1S/C16H22N2O/c1-13-3-4-16(9-14(13)2)11-18(12-17)10-15-5-7-19-8-6-15/h3-4,9,15H,5-8,10-11H2,1-2H3. The topological polar surface area (TPSA) is 36.3 Å². The molecule has 2 rings (SSSR count). The van der Waals surface area contributed by atoms with E-state index in [4.69, 9.17) is 4.74 Å². The van der Waals surface area contributed by atoms with Gasteiger partial charge >= 0.3 is 0 Å². The second-order valence-corrected chi connectivity index (χ2v) is 5.45. The SMILES string of the molecule is Cc1ccc(CN(C#N)CC2CCOCC2)cc1C. The maximum Gasteiger partial charge on any atom is 0.179 e. The molecule has 3 heteroatoms. The average molecular weight is 258 g/mol.